The lowest BCUT2D eigenvalue weighted by molar-refractivity contribution is -0.677. The summed E-state index contributed by atoms with van der Waals surface area (Å²) in [5, 5.41) is 20.0. The van der Waals surface area contributed by atoms with Crippen molar-refractivity contribution >= 4 is 21.8 Å². The van der Waals surface area contributed by atoms with Gasteiger partial charge < -0.3 is 14.2 Å². The highest BCUT2D eigenvalue weighted by atomic mass is 79.9. The molecule has 1 aromatic carbocycles. The van der Waals surface area contributed by atoms with Gasteiger partial charge in [-0.3, -0.25) is 5.73 Å². The van der Waals surface area contributed by atoms with Crippen LogP contribution in [0.25, 0.3) is 0 Å². The molecule has 1 saturated heterocycles. The lowest BCUT2D eigenvalue weighted by Gasteiger charge is -2.24. The summed E-state index contributed by atoms with van der Waals surface area (Å²) < 4.78 is 17.8. The number of rotatable bonds is 2. The average Bonchev–Trinajstić information content (AvgIpc) is 2.99. The molecule has 2 aliphatic heterocycles. The summed E-state index contributed by atoms with van der Waals surface area (Å²) in [5.74, 6) is -0.998. The number of nitrogens with one attached hydrogen (secondary N) is 1. The largest absolute Gasteiger partial charge is 0.496 e. The molecule has 128 valence electrons. The Morgan fingerprint density at radius 2 is 2.16 bits per heavy atom. The molecule has 2 fully saturated rings. The molecule has 0 unspecified atom stereocenters. The molecule has 0 radical (unpaired) electrons. The number of methoxy groups -OCH3 is 1. The normalized spacial score (nSPS) is 40.9. The molecule has 4 rings (SSSR count). The van der Waals surface area contributed by atoms with E-state index < -0.39 is 22.7 Å². The fourth-order valence-electron chi connectivity index (χ4n) is 4.33. The van der Waals surface area contributed by atoms with Gasteiger partial charge in [0.1, 0.15) is 5.75 Å². The van der Waals surface area contributed by atoms with Crippen molar-refractivity contribution in [3.05, 3.63) is 28.2 Å². The molecular weight excluding hydrogens is 388 g/mol. The molecular formula is C17H16BrN4O3+. The number of hydrogen-bond acceptors (Lipinski definition) is 6. The van der Waals surface area contributed by atoms with Crippen molar-refractivity contribution in [2.75, 3.05) is 13.7 Å². The summed E-state index contributed by atoms with van der Waals surface area (Å²) in [6.07, 6.45) is -0.205. The van der Waals surface area contributed by atoms with E-state index in [1.807, 2.05) is 19.1 Å². The highest BCUT2D eigenvalue weighted by Crippen LogP contribution is 2.79. The van der Waals surface area contributed by atoms with Gasteiger partial charge in [0.05, 0.1) is 36.4 Å². The zero-order valence-corrected chi connectivity index (χ0v) is 15.3. The maximum atomic E-state index is 10.1. The molecule has 0 amide bonds. The van der Waals surface area contributed by atoms with Crippen LogP contribution in [-0.4, -0.2) is 31.6 Å². The smallest absolute Gasteiger partial charge is 0.343 e. The molecule has 3 N–H and O–H groups in total. The predicted octanol–water partition coefficient (Wildman–Crippen LogP) is 0.115. The number of nitriles is 2. The second kappa shape index (κ2) is 4.95. The Morgan fingerprint density at radius 1 is 1.40 bits per heavy atom. The topological polar surface area (TPSA) is 115 Å². The highest BCUT2D eigenvalue weighted by Gasteiger charge is 2.97. The van der Waals surface area contributed by atoms with Crippen LogP contribution in [0.3, 0.4) is 0 Å². The number of amidine groups is 1. The number of nitrogens with zero attached hydrogens (tertiary/aromatic N) is 2. The quantitative estimate of drug-likeness (QED) is 0.724. The summed E-state index contributed by atoms with van der Waals surface area (Å²) in [4.78, 5) is 2.95. The lowest BCUT2D eigenvalue weighted by atomic mass is 9.94. The van der Waals surface area contributed by atoms with Gasteiger partial charge in [0, 0.05) is 5.92 Å². The van der Waals surface area contributed by atoms with Crippen LogP contribution in [0.1, 0.15) is 18.4 Å². The summed E-state index contributed by atoms with van der Waals surface area (Å²) in [7, 11) is 1.57. The van der Waals surface area contributed by atoms with Crippen molar-refractivity contribution in [2.24, 2.45) is 16.6 Å². The van der Waals surface area contributed by atoms with E-state index in [1.54, 1.807) is 13.2 Å². The van der Waals surface area contributed by atoms with Crippen molar-refractivity contribution in [1.82, 2.24) is 0 Å². The Bertz CT molecular complexity index is 891. The first-order chi connectivity index (χ1) is 11.9. The number of ether oxygens (including phenoxy) is 3. The van der Waals surface area contributed by atoms with Crippen molar-refractivity contribution in [2.45, 2.75) is 24.9 Å². The van der Waals surface area contributed by atoms with Crippen LogP contribution >= 0.6 is 15.9 Å². The summed E-state index contributed by atoms with van der Waals surface area (Å²) in [5.41, 5.74) is 4.52. The fraction of sp³-hybridized carbons (Fsp3) is 0.471. The van der Waals surface area contributed by atoms with Gasteiger partial charge in [0.15, 0.2) is 10.8 Å². The second-order valence-corrected chi connectivity index (χ2v) is 7.42. The van der Waals surface area contributed by atoms with E-state index in [1.165, 1.54) is 0 Å². The van der Waals surface area contributed by atoms with Crippen LogP contribution in [0.5, 0.6) is 5.75 Å². The van der Waals surface area contributed by atoms with Crippen molar-refractivity contribution < 1.29 is 19.2 Å². The van der Waals surface area contributed by atoms with E-state index in [9.17, 15) is 10.5 Å². The van der Waals surface area contributed by atoms with Gasteiger partial charge in [-0.2, -0.15) is 10.5 Å². The van der Waals surface area contributed by atoms with E-state index in [4.69, 9.17) is 19.9 Å². The third-order valence-electron chi connectivity index (χ3n) is 5.40. The third-order valence-corrected chi connectivity index (χ3v) is 6.02. The molecule has 1 saturated carbocycles. The standard InChI is InChI=1S/C17H15BrN4O3/c1-9-6-24-17(25-9)16(8-20)13(15(16,7-19)14(21)22-17)10-3-4-12(23-2)11(18)5-10/h3-5,9,13H,6H2,1-2H3,(H2,21,22)/p+1/t9-,13-,15-,16-,17-/m1/s1. The zero-order valence-electron chi connectivity index (χ0n) is 13.7. The van der Waals surface area contributed by atoms with Gasteiger partial charge in [-0.15, -0.1) is 0 Å². The average molecular weight is 404 g/mol. The number of halogens is 1. The van der Waals surface area contributed by atoms with Gasteiger partial charge in [-0.05, 0) is 40.5 Å². The molecule has 2 heterocycles. The molecule has 25 heavy (non-hydrogen) atoms. The Balaban J connectivity index is 1.89. The molecule has 3 aliphatic rings. The van der Waals surface area contributed by atoms with Gasteiger partial charge in [0.25, 0.3) is 5.84 Å². The molecule has 1 aliphatic carbocycles. The Hall–Kier alpha value is -2.13. The molecule has 0 aromatic heterocycles. The summed E-state index contributed by atoms with van der Waals surface area (Å²) in [6, 6.07) is 10.0. The zero-order chi connectivity index (χ0) is 18.0. The number of fused-ring (bicyclic) bond motifs is 2. The highest BCUT2D eigenvalue weighted by molar-refractivity contribution is 9.10. The Morgan fingerprint density at radius 3 is 2.68 bits per heavy atom. The molecule has 5 atom stereocenters. The third kappa shape index (κ3) is 1.63. The molecule has 7 nitrogen and oxygen atoms in total. The maximum Gasteiger partial charge on any atom is 0.343 e. The van der Waals surface area contributed by atoms with Gasteiger partial charge in [0.2, 0.25) is 0 Å². The van der Waals surface area contributed by atoms with Gasteiger partial charge in [-0.25, -0.2) is 4.99 Å². The van der Waals surface area contributed by atoms with E-state index in [0.717, 1.165) is 10.0 Å². The van der Waals surface area contributed by atoms with E-state index in [2.05, 4.69) is 33.1 Å². The number of nitrogens with two attached hydrogens (primary N) is 1. The van der Waals surface area contributed by atoms with Crippen LogP contribution in [0.4, 0.5) is 0 Å². The van der Waals surface area contributed by atoms with Crippen molar-refractivity contribution in [3.8, 4) is 17.9 Å². The SMILES string of the molecule is COc1ccc([C@H]2[C@@]3(C#N)[C@@]4([NH+]=C(N)[C@@]23C#N)OC[C@@H](C)O4)cc1Br. The molecule has 0 bridgehead atoms. The van der Waals surface area contributed by atoms with E-state index in [0.29, 0.717) is 12.4 Å². The van der Waals surface area contributed by atoms with Crippen LogP contribution < -0.4 is 15.5 Å². The maximum absolute atomic E-state index is 10.1. The Kier molecular flexibility index (Phi) is 3.24. The predicted molar refractivity (Wildman–Crippen MR) is 88.9 cm³/mol. The monoisotopic (exact) mass is 403 g/mol. The van der Waals surface area contributed by atoms with Crippen LogP contribution in [0, 0.1) is 33.5 Å². The number of hydrogen-bond donors (Lipinski definition) is 2. The van der Waals surface area contributed by atoms with E-state index >= 15 is 0 Å². The minimum Gasteiger partial charge on any atom is -0.496 e. The second-order valence-electron chi connectivity index (χ2n) is 6.56. The Labute approximate surface area is 153 Å². The van der Waals surface area contributed by atoms with Crippen molar-refractivity contribution in [1.29, 1.82) is 10.5 Å². The molecule has 8 heteroatoms. The first-order valence-electron chi connectivity index (χ1n) is 7.81. The minimum absolute atomic E-state index is 0.205. The first kappa shape index (κ1) is 16.3. The minimum atomic E-state index is -1.40. The van der Waals surface area contributed by atoms with Gasteiger partial charge in [-0.1, -0.05) is 6.07 Å². The van der Waals surface area contributed by atoms with Gasteiger partial charge >= 0.3 is 5.91 Å². The fourth-order valence-corrected chi connectivity index (χ4v) is 4.88. The first-order valence-corrected chi connectivity index (χ1v) is 8.60. The number of benzene rings is 1. The van der Waals surface area contributed by atoms with Crippen molar-refractivity contribution in [3.63, 3.8) is 0 Å². The van der Waals surface area contributed by atoms with Crippen LogP contribution in [-0.2, 0) is 9.47 Å². The summed E-state index contributed by atoms with van der Waals surface area (Å²) >= 11 is 3.45. The van der Waals surface area contributed by atoms with E-state index in [-0.39, 0.29) is 11.9 Å². The molecule has 1 spiro atoms. The summed E-state index contributed by atoms with van der Waals surface area (Å²) in [6.45, 7) is 2.18. The van der Waals surface area contributed by atoms with Crippen LogP contribution in [0.2, 0.25) is 0 Å². The molecule has 1 aromatic rings. The van der Waals surface area contributed by atoms with Crippen LogP contribution in [0.15, 0.2) is 22.7 Å². The lowest BCUT2D eigenvalue weighted by Crippen LogP contribution is -2.90.